The Bertz CT molecular complexity index is 821. The lowest BCUT2D eigenvalue weighted by molar-refractivity contribution is -0.133. The average Bonchev–Trinajstić information content (AvgIpc) is 3.49. The van der Waals surface area contributed by atoms with Gasteiger partial charge in [-0.1, -0.05) is 30.3 Å². The molecule has 136 valence electrons. The van der Waals surface area contributed by atoms with Gasteiger partial charge in [0.25, 0.3) is 5.56 Å². The first-order chi connectivity index (χ1) is 12.7. The van der Waals surface area contributed by atoms with E-state index in [1.807, 2.05) is 35.2 Å². The molecule has 2 aromatic rings. The smallest absolute Gasteiger partial charge is 0.267 e. The van der Waals surface area contributed by atoms with Crippen molar-refractivity contribution in [3.8, 4) is 11.3 Å². The zero-order valence-electron chi connectivity index (χ0n) is 14.9. The lowest BCUT2D eigenvalue weighted by atomic mass is 10.1. The summed E-state index contributed by atoms with van der Waals surface area (Å²) < 4.78 is 1.28. The van der Waals surface area contributed by atoms with Gasteiger partial charge in [0.05, 0.1) is 5.69 Å². The molecule has 26 heavy (non-hydrogen) atoms. The number of rotatable bonds is 5. The Morgan fingerprint density at radius 2 is 1.73 bits per heavy atom. The fourth-order valence-electron chi connectivity index (χ4n) is 3.40. The monoisotopic (exact) mass is 352 g/mol. The quantitative estimate of drug-likeness (QED) is 0.818. The third kappa shape index (κ3) is 4.02. The number of amides is 1. The van der Waals surface area contributed by atoms with E-state index >= 15 is 0 Å². The molecule has 2 heterocycles. The van der Waals surface area contributed by atoms with E-state index in [1.165, 1.54) is 30.1 Å². The fraction of sp³-hybridized carbons (Fsp3) is 0.450. The summed E-state index contributed by atoms with van der Waals surface area (Å²) in [5.74, 6) is 0.844. The van der Waals surface area contributed by atoms with Gasteiger partial charge in [-0.3, -0.25) is 14.5 Å². The molecule has 6 nitrogen and oxygen atoms in total. The third-order valence-electron chi connectivity index (χ3n) is 5.16. The molecule has 6 heteroatoms. The second kappa shape index (κ2) is 7.41. The van der Waals surface area contributed by atoms with Crippen LogP contribution in [0.1, 0.15) is 12.8 Å². The van der Waals surface area contributed by atoms with Crippen LogP contribution < -0.4 is 5.56 Å². The van der Waals surface area contributed by atoms with Gasteiger partial charge in [0.1, 0.15) is 6.54 Å². The summed E-state index contributed by atoms with van der Waals surface area (Å²) in [4.78, 5) is 29.0. The second-order valence-electron chi connectivity index (χ2n) is 7.21. The molecule has 0 atom stereocenters. The first-order valence-corrected chi connectivity index (χ1v) is 9.33. The number of hydrogen-bond donors (Lipinski definition) is 0. The van der Waals surface area contributed by atoms with Gasteiger partial charge >= 0.3 is 0 Å². The van der Waals surface area contributed by atoms with E-state index < -0.39 is 0 Å². The van der Waals surface area contributed by atoms with E-state index in [1.54, 1.807) is 6.07 Å². The number of piperazine rings is 1. The Hall–Kier alpha value is -2.47. The standard InChI is InChI=1S/C20H24N4O2/c25-19-9-8-18(17-4-2-1-3-5-17)21-24(19)15-20(26)23-12-10-22(11-13-23)14-16-6-7-16/h1-5,8-9,16H,6-7,10-15H2. The molecule has 1 saturated heterocycles. The van der Waals surface area contributed by atoms with Crippen molar-refractivity contribution in [1.29, 1.82) is 0 Å². The molecule has 1 aromatic carbocycles. The predicted octanol–water partition coefficient (Wildman–Crippen LogP) is 1.46. The maximum atomic E-state index is 12.6. The number of hydrogen-bond acceptors (Lipinski definition) is 4. The SMILES string of the molecule is O=C(Cn1nc(-c2ccccc2)ccc1=O)N1CCN(CC2CC2)CC1. The highest BCUT2D eigenvalue weighted by molar-refractivity contribution is 5.76. The van der Waals surface area contributed by atoms with E-state index in [2.05, 4.69) is 10.00 Å². The van der Waals surface area contributed by atoms with Crippen LogP contribution in [0.15, 0.2) is 47.3 Å². The minimum absolute atomic E-state index is 0.00211. The van der Waals surface area contributed by atoms with Crippen molar-refractivity contribution in [3.63, 3.8) is 0 Å². The van der Waals surface area contributed by atoms with Crippen molar-refractivity contribution >= 4 is 5.91 Å². The van der Waals surface area contributed by atoms with Crippen LogP contribution >= 0.6 is 0 Å². The number of aromatic nitrogens is 2. The Balaban J connectivity index is 1.40. The number of carbonyl (C=O) groups excluding carboxylic acids is 1. The van der Waals surface area contributed by atoms with Gasteiger partial charge in [-0.2, -0.15) is 5.10 Å². The second-order valence-corrected chi connectivity index (χ2v) is 7.21. The maximum absolute atomic E-state index is 12.6. The van der Waals surface area contributed by atoms with E-state index in [4.69, 9.17) is 0 Å². The Morgan fingerprint density at radius 1 is 1.00 bits per heavy atom. The summed E-state index contributed by atoms with van der Waals surface area (Å²) in [5.41, 5.74) is 1.39. The third-order valence-corrected chi connectivity index (χ3v) is 5.16. The molecule has 2 aliphatic rings. The number of nitrogens with zero attached hydrogens (tertiary/aromatic N) is 4. The van der Waals surface area contributed by atoms with Crippen molar-refractivity contribution in [2.24, 2.45) is 5.92 Å². The van der Waals surface area contributed by atoms with Crippen LogP contribution in [0, 0.1) is 5.92 Å². The highest BCUT2D eigenvalue weighted by Crippen LogP contribution is 2.29. The average molecular weight is 352 g/mol. The van der Waals surface area contributed by atoms with Gasteiger partial charge in [-0.25, -0.2) is 4.68 Å². The summed E-state index contributed by atoms with van der Waals surface area (Å²) in [6.07, 6.45) is 2.71. The molecule has 0 bridgehead atoms. The van der Waals surface area contributed by atoms with E-state index in [-0.39, 0.29) is 18.0 Å². The molecular weight excluding hydrogens is 328 g/mol. The molecule has 1 saturated carbocycles. The van der Waals surface area contributed by atoms with Crippen molar-refractivity contribution in [1.82, 2.24) is 19.6 Å². The topological polar surface area (TPSA) is 58.4 Å². The minimum Gasteiger partial charge on any atom is -0.339 e. The largest absolute Gasteiger partial charge is 0.339 e. The Labute approximate surface area is 153 Å². The maximum Gasteiger partial charge on any atom is 0.267 e. The van der Waals surface area contributed by atoms with Crippen molar-refractivity contribution in [2.45, 2.75) is 19.4 Å². The lowest BCUT2D eigenvalue weighted by Gasteiger charge is -2.34. The van der Waals surface area contributed by atoms with Crippen LogP contribution in [-0.2, 0) is 11.3 Å². The van der Waals surface area contributed by atoms with Crippen LogP contribution in [0.2, 0.25) is 0 Å². The summed E-state index contributed by atoms with van der Waals surface area (Å²) >= 11 is 0. The molecule has 1 amide bonds. The van der Waals surface area contributed by atoms with Crippen LogP contribution in [0.25, 0.3) is 11.3 Å². The van der Waals surface area contributed by atoms with Crippen LogP contribution in [0.3, 0.4) is 0 Å². The Morgan fingerprint density at radius 3 is 2.42 bits per heavy atom. The van der Waals surface area contributed by atoms with Gasteiger partial charge < -0.3 is 4.90 Å². The van der Waals surface area contributed by atoms with Crippen LogP contribution in [0.4, 0.5) is 0 Å². The van der Waals surface area contributed by atoms with Crippen molar-refractivity contribution in [2.75, 3.05) is 32.7 Å². The lowest BCUT2D eigenvalue weighted by Crippen LogP contribution is -2.50. The fourth-order valence-corrected chi connectivity index (χ4v) is 3.40. The first kappa shape index (κ1) is 17.0. The summed E-state index contributed by atoms with van der Waals surface area (Å²) in [6, 6.07) is 12.9. The van der Waals surface area contributed by atoms with Gasteiger partial charge in [0, 0.05) is 44.4 Å². The van der Waals surface area contributed by atoms with Crippen molar-refractivity contribution in [3.05, 3.63) is 52.8 Å². The number of carbonyl (C=O) groups is 1. The Kier molecular flexibility index (Phi) is 4.84. The minimum atomic E-state index is -0.245. The predicted molar refractivity (Wildman–Crippen MR) is 99.7 cm³/mol. The molecule has 4 rings (SSSR count). The summed E-state index contributed by atoms with van der Waals surface area (Å²) in [7, 11) is 0. The summed E-state index contributed by atoms with van der Waals surface area (Å²) in [6.45, 7) is 4.49. The van der Waals surface area contributed by atoms with Gasteiger partial charge in [-0.05, 0) is 24.8 Å². The normalized spacial score (nSPS) is 18.1. The summed E-state index contributed by atoms with van der Waals surface area (Å²) in [5, 5.41) is 4.39. The molecule has 2 fully saturated rings. The molecule has 0 N–H and O–H groups in total. The van der Waals surface area contributed by atoms with E-state index in [0.29, 0.717) is 5.69 Å². The van der Waals surface area contributed by atoms with Crippen LogP contribution in [0.5, 0.6) is 0 Å². The molecule has 0 unspecified atom stereocenters. The zero-order valence-corrected chi connectivity index (χ0v) is 14.9. The highest BCUT2D eigenvalue weighted by atomic mass is 16.2. The first-order valence-electron chi connectivity index (χ1n) is 9.33. The van der Waals surface area contributed by atoms with Crippen molar-refractivity contribution < 1.29 is 4.79 Å². The van der Waals surface area contributed by atoms with E-state index in [0.717, 1.165) is 37.7 Å². The number of benzene rings is 1. The molecule has 1 aliphatic heterocycles. The molecule has 1 aromatic heterocycles. The van der Waals surface area contributed by atoms with Crippen LogP contribution in [-0.4, -0.2) is 58.2 Å². The van der Waals surface area contributed by atoms with Gasteiger partial charge in [-0.15, -0.1) is 0 Å². The van der Waals surface area contributed by atoms with E-state index in [9.17, 15) is 9.59 Å². The molecular formula is C20H24N4O2. The van der Waals surface area contributed by atoms with Gasteiger partial charge in [0.15, 0.2) is 0 Å². The highest BCUT2D eigenvalue weighted by Gasteiger charge is 2.27. The zero-order chi connectivity index (χ0) is 17.9. The molecule has 0 spiro atoms. The molecule has 0 radical (unpaired) electrons. The molecule has 1 aliphatic carbocycles. The van der Waals surface area contributed by atoms with Gasteiger partial charge in [0.2, 0.25) is 5.91 Å².